The zero-order chi connectivity index (χ0) is 69.5. The van der Waals surface area contributed by atoms with Gasteiger partial charge in [0.05, 0.1) is 45.1 Å². The zero-order valence-corrected chi connectivity index (χ0v) is 61.8. The van der Waals surface area contributed by atoms with Crippen molar-refractivity contribution >= 4 is 43.6 Å². The van der Waals surface area contributed by atoms with Gasteiger partial charge in [-0.25, -0.2) is 15.0 Å². The van der Waals surface area contributed by atoms with E-state index < -0.39 is 0 Å². The first kappa shape index (κ1) is 67.1. The van der Waals surface area contributed by atoms with Crippen LogP contribution in [0.25, 0.3) is 111 Å². The summed E-state index contributed by atoms with van der Waals surface area (Å²) in [5.41, 5.74) is 23.1. The van der Waals surface area contributed by atoms with Gasteiger partial charge in [0.2, 0.25) is 0 Å². The monoisotopic (exact) mass is 1260 g/mol. The highest BCUT2D eigenvalue weighted by Gasteiger charge is 2.30. The minimum Gasteiger partial charge on any atom is -0.309 e. The van der Waals surface area contributed by atoms with Gasteiger partial charge in [-0.3, -0.25) is 0 Å². The number of nitriles is 1. The lowest BCUT2D eigenvalue weighted by Crippen LogP contribution is -2.17. The van der Waals surface area contributed by atoms with Crippen molar-refractivity contribution in [3.63, 3.8) is 0 Å². The molecule has 0 saturated heterocycles. The Morgan fingerprint density at radius 3 is 0.792 bits per heavy atom. The van der Waals surface area contributed by atoms with E-state index in [-0.39, 0.29) is 43.3 Å². The second-order valence-electron chi connectivity index (χ2n) is 35.7. The molecule has 0 radical (unpaired) electrons. The maximum Gasteiger partial charge on any atom is 0.164 e. The largest absolute Gasteiger partial charge is 0.309 e. The summed E-state index contributed by atoms with van der Waals surface area (Å²) in [7, 11) is 0. The number of nitrogens with zero attached hydrogens (tertiary/aromatic N) is 6. The predicted molar refractivity (Wildman–Crippen MR) is 410 cm³/mol. The Kier molecular flexibility index (Phi) is 16.2. The van der Waals surface area contributed by atoms with Crippen molar-refractivity contribution in [2.75, 3.05) is 0 Å². The molecule has 0 atom stereocenters. The van der Waals surface area contributed by atoms with Gasteiger partial charge in [-0.05, 0) is 214 Å². The molecule has 0 aliphatic carbocycles. The molecule has 0 unspecified atom stereocenters. The summed E-state index contributed by atoms with van der Waals surface area (Å²) in [5, 5.41) is 15.0. The van der Waals surface area contributed by atoms with Crippen LogP contribution in [0.3, 0.4) is 0 Å². The van der Waals surface area contributed by atoms with Crippen LogP contribution in [0, 0.1) is 11.3 Å². The zero-order valence-electron chi connectivity index (χ0n) is 61.8. The molecule has 0 aliphatic heterocycles. The number of benzene rings is 9. The molecule has 0 aliphatic rings. The fraction of sp³-hybridized carbons (Fsp3) is 0.356. The van der Waals surface area contributed by atoms with E-state index in [4.69, 9.17) is 15.0 Å². The maximum atomic E-state index is 10.1. The molecule has 0 spiro atoms. The minimum atomic E-state index is -0.151. The van der Waals surface area contributed by atoms with E-state index in [1.807, 2.05) is 12.1 Å². The summed E-state index contributed by atoms with van der Waals surface area (Å²) in [6, 6.07) is 66.7. The van der Waals surface area contributed by atoms with Crippen molar-refractivity contribution in [1.82, 2.24) is 24.1 Å². The number of rotatable bonds is 7. The second-order valence-corrected chi connectivity index (χ2v) is 35.7. The van der Waals surface area contributed by atoms with Crippen LogP contribution in [0.4, 0.5) is 0 Å². The Morgan fingerprint density at radius 1 is 0.250 bits per heavy atom. The van der Waals surface area contributed by atoms with Crippen LogP contribution in [-0.4, -0.2) is 24.1 Å². The minimum absolute atomic E-state index is 0.0829. The van der Waals surface area contributed by atoms with E-state index in [9.17, 15) is 5.26 Å². The van der Waals surface area contributed by atoms with Crippen LogP contribution >= 0.6 is 0 Å². The summed E-state index contributed by atoms with van der Waals surface area (Å²) in [6.45, 7) is 55.2. The molecule has 12 rings (SSSR count). The van der Waals surface area contributed by atoms with Crippen LogP contribution in [0.1, 0.15) is 216 Å². The lowest BCUT2D eigenvalue weighted by atomic mass is 9.79. The lowest BCUT2D eigenvalue weighted by molar-refractivity contribution is 0.568. The highest BCUT2D eigenvalue weighted by atomic mass is 15.0. The van der Waals surface area contributed by atoms with Crippen LogP contribution < -0.4 is 0 Å². The number of fused-ring (bicyclic) bond motifs is 6. The van der Waals surface area contributed by atoms with Gasteiger partial charge in [-0.1, -0.05) is 221 Å². The Bertz CT molecular complexity index is 4810. The van der Waals surface area contributed by atoms with Gasteiger partial charge in [0.1, 0.15) is 0 Å². The van der Waals surface area contributed by atoms with Crippen LogP contribution in [0.5, 0.6) is 0 Å². The molecular weight excluding hydrogens is 1170 g/mol. The van der Waals surface area contributed by atoms with Gasteiger partial charge < -0.3 is 9.13 Å². The normalized spacial score (nSPS) is 13.2. The third-order valence-corrected chi connectivity index (χ3v) is 19.8. The van der Waals surface area contributed by atoms with E-state index in [0.29, 0.717) is 23.0 Å². The quantitative estimate of drug-likeness (QED) is 0.159. The molecule has 0 amide bonds. The number of hydrogen-bond donors (Lipinski definition) is 0. The van der Waals surface area contributed by atoms with Gasteiger partial charge >= 0.3 is 0 Å². The molecule has 0 bridgehead atoms. The Morgan fingerprint density at radius 2 is 0.510 bits per heavy atom. The summed E-state index contributed by atoms with van der Waals surface area (Å²) in [6.07, 6.45) is 0. The molecule has 490 valence electrons. The summed E-state index contributed by atoms with van der Waals surface area (Å²) in [5.74, 6) is 1.83. The maximum absolute atomic E-state index is 10.1. The van der Waals surface area contributed by atoms with E-state index >= 15 is 0 Å². The van der Waals surface area contributed by atoms with Crippen molar-refractivity contribution < 1.29 is 0 Å². The van der Waals surface area contributed by atoms with Crippen molar-refractivity contribution in [3.8, 4) is 73.9 Å². The third-order valence-electron chi connectivity index (χ3n) is 19.8. The van der Waals surface area contributed by atoms with Gasteiger partial charge in [0.25, 0.3) is 0 Å². The Balaban J connectivity index is 1.26. The van der Waals surface area contributed by atoms with E-state index in [1.165, 1.54) is 66.1 Å². The molecule has 3 heterocycles. The van der Waals surface area contributed by atoms with E-state index in [2.05, 4.69) is 339 Å². The fourth-order valence-electron chi connectivity index (χ4n) is 13.4. The average Bonchev–Trinajstić information content (AvgIpc) is 1.54. The highest BCUT2D eigenvalue weighted by molar-refractivity contribution is 6.12. The molecule has 6 heteroatoms. The molecule has 0 fully saturated rings. The predicted octanol–water partition coefficient (Wildman–Crippen LogP) is 24.7. The van der Waals surface area contributed by atoms with E-state index in [1.54, 1.807) is 0 Å². The van der Waals surface area contributed by atoms with Gasteiger partial charge in [-0.15, -0.1) is 0 Å². The average molecular weight is 1270 g/mol. The molecule has 9 aromatic carbocycles. The molecule has 6 nitrogen and oxygen atoms in total. The molecule has 12 aromatic rings. The van der Waals surface area contributed by atoms with Crippen molar-refractivity contribution in [2.45, 2.75) is 209 Å². The van der Waals surface area contributed by atoms with Crippen LogP contribution in [0.15, 0.2) is 170 Å². The summed E-state index contributed by atoms with van der Waals surface area (Å²) in [4.78, 5) is 17.0. The first-order valence-corrected chi connectivity index (χ1v) is 34.6. The smallest absolute Gasteiger partial charge is 0.164 e. The lowest BCUT2D eigenvalue weighted by Gasteiger charge is -2.26. The molecular formula is C90H100N6. The molecule has 0 saturated carbocycles. The summed E-state index contributed by atoms with van der Waals surface area (Å²) >= 11 is 0. The third kappa shape index (κ3) is 12.8. The Labute approximate surface area is 572 Å². The first-order valence-electron chi connectivity index (χ1n) is 34.6. The fourth-order valence-corrected chi connectivity index (χ4v) is 13.4. The number of aromatic nitrogens is 5. The van der Waals surface area contributed by atoms with Crippen molar-refractivity contribution in [1.29, 1.82) is 5.26 Å². The molecule has 0 N–H and O–H groups in total. The Hall–Kier alpha value is -8.92. The van der Waals surface area contributed by atoms with Crippen LogP contribution in [-0.2, 0) is 43.3 Å². The molecule has 3 aromatic heterocycles. The summed E-state index contributed by atoms with van der Waals surface area (Å²) < 4.78 is 5.03. The standard InChI is InChI=1S/C90H100N6/c1-83(2,3)60-31-37-76-70(49-60)71-50-61(84(4,5)6)32-38-77(71)95(76)74-35-29-56(55-27-25-54(53-91)26-28-55)45-68(74)69-46-57(30-36-75(69)96-78-39-33-62(85(7,8)9)51-72(78)73-52-63(86(10,11)12)34-40-79(73)96)80-92-81(58-41-64(87(13,14)15)47-65(42-58)88(16,17)18)94-82(93-80)59-43-66(89(19,20)21)48-67(44-59)90(22,23)24/h25-52H,1-24H3. The van der Waals surface area contributed by atoms with Gasteiger partial charge in [-0.2, -0.15) is 5.26 Å². The number of hydrogen-bond acceptors (Lipinski definition) is 4. The second kappa shape index (κ2) is 23.1. The van der Waals surface area contributed by atoms with E-state index in [0.717, 1.165) is 72.4 Å². The molecule has 96 heavy (non-hydrogen) atoms. The van der Waals surface area contributed by atoms with Crippen molar-refractivity contribution in [3.05, 3.63) is 220 Å². The van der Waals surface area contributed by atoms with Gasteiger partial charge in [0.15, 0.2) is 17.5 Å². The van der Waals surface area contributed by atoms with Crippen LogP contribution in [0.2, 0.25) is 0 Å². The topological polar surface area (TPSA) is 72.3 Å². The highest BCUT2D eigenvalue weighted by Crippen LogP contribution is 2.47. The first-order chi connectivity index (χ1) is 44.5. The van der Waals surface area contributed by atoms with Gasteiger partial charge in [0, 0.05) is 49.4 Å². The SMILES string of the molecule is CC(C)(C)c1cc(-c2nc(-c3cc(C(C)(C)C)cc(C(C)(C)C)c3)nc(-c3ccc(-n4c5ccc(C(C)(C)C)cc5c5cc(C(C)(C)C)ccc54)c(-c4cc(-c5ccc(C#N)cc5)ccc4-n4c5ccc(C(C)(C)C)cc5c5cc(C(C)(C)C)ccc54)c3)n2)cc(C(C)(C)C)c1. The van der Waals surface area contributed by atoms with Crippen molar-refractivity contribution in [2.24, 2.45) is 0 Å².